The number of benzene rings is 2. The zero-order valence-electron chi connectivity index (χ0n) is 18.9. The van der Waals surface area contributed by atoms with E-state index in [9.17, 15) is 9.59 Å². The van der Waals surface area contributed by atoms with Crippen LogP contribution in [0.25, 0.3) is 22.1 Å². The Labute approximate surface area is 197 Å². The van der Waals surface area contributed by atoms with Crippen LogP contribution in [-0.2, 0) is 6.54 Å². The lowest BCUT2D eigenvalue weighted by atomic mass is 9.83. The summed E-state index contributed by atoms with van der Waals surface area (Å²) in [6.45, 7) is 4.10. The van der Waals surface area contributed by atoms with Crippen molar-refractivity contribution in [2.45, 2.75) is 18.9 Å². The van der Waals surface area contributed by atoms with Crippen LogP contribution >= 0.6 is 0 Å². The van der Waals surface area contributed by atoms with E-state index in [1.165, 1.54) is 0 Å². The third kappa shape index (κ3) is 3.94. The maximum Gasteiger partial charge on any atom is 0.344 e. The molecule has 2 aromatic carbocycles. The molecule has 0 unspecified atom stereocenters. The van der Waals surface area contributed by atoms with E-state index in [1.54, 1.807) is 12.1 Å². The Morgan fingerprint density at radius 3 is 2.68 bits per heavy atom. The average molecular weight is 455 g/mol. The highest BCUT2D eigenvalue weighted by atomic mass is 16.5. The predicted molar refractivity (Wildman–Crippen MR) is 131 cm³/mol. The summed E-state index contributed by atoms with van der Waals surface area (Å²) in [6.07, 6.45) is 1.15. The van der Waals surface area contributed by atoms with Crippen molar-refractivity contribution in [3.8, 4) is 16.9 Å². The normalized spacial score (nSPS) is 19.6. The first-order valence-electron chi connectivity index (χ1n) is 11.8. The number of likely N-dealkylation sites (tertiary alicyclic amines) is 1. The summed E-state index contributed by atoms with van der Waals surface area (Å²) in [7, 11) is 0. The molecule has 6 rings (SSSR count). The molecule has 2 bridgehead atoms. The van der Waals surface area contributed by atoms with Gasteiger partial charge in [-0.25, -0.2) is 4.79 Å². The SMILES string of the molecule is O=c1oc2cc(OCCN3C[C@@H]4C[C@H](C3)c3cccc(=O)n3C4)ccc2cc1-c1ccccc1. The molecule has 2 aromatic heterocycles. The quantitative estimate of drug-likeness (QED) is 0.425. The molecule has 4 aromatic rings. The van der Waals surface area contributed by atoms with E-state index in [4.69, 9.17) is 9.15 Å². The maximum absolute atomic E-state index is 12.5. The lowest BCUT2D eigenvalue weighted by molar-refractivity contribution is 0.104. The molecule has 1 fully saturated rings. The molecule has 0 saturated carbocycles. The summed E-state index contributed by atoms with van der Waals surface area (Å²) >= 11 is 0. The number of hydrogen-bond acceptors (Lipinski definition) is 5. The van der Waals surface area contributed by atoms with Crippen molar-refractivity contribution in [3.05, 3.63) is 99.3 Å². The summed E-state index contributed by atoms with van der Waals surface area (Å²) in [5.41, 5.74) is 2.85. The van der Waals surface area contributed by atoms with Gasteiger partial charge in [0.15, 0.2) is 0 Å². The van der Waals surface area contributed by atoms with Gasteiger partial charge in [-0.05, 0) is 42.2 Å². The minimum atomic E-state index is -0.352. The third-order valence-electron chi connectivity index (χ3n) is 7.02. The van der Waals surface area contributed by atoms with Gasteiger partial charge >= 0.3 is 5.63 Å². The van der Waals surface area contributed by atoms with Crippen LogP contribution in [0.4, 0.5) is 0 Å². The number of aromatic nitrogens is 1. The maximum atomic E-state index is 12.5. The van der Waals surface area contributed by atoms with Crippen molar-refractivity contribution in [2.75, 3.05) is 26.2 Å². The minimum Gasteiger partial charge on any atom is -0.492 e. The van der Waals surface area contributed by atoms with Crippen LogP contribution in [0.3, 0.4) is 0 Å². The average Bonchev–Trinajstić information content (AvgIpc) is 2.85. The molecule has 0 spiro atoms. The van der Waals surface area contributed by atoms with E-state index in [2.05, 4.69) is 11.0 Å². The summed E-state index contributed by atoms with van der Waals surface area (Å²) < 4.78 is 13.6. The van der Waals surface area contributed by atoms with Crippen LogP contribution in [-0.4, -0.2) is 35.7 Å². The van der Waals surface area contributed by atoms with E-state index in [0.717, 1.165) is 49.2 Å². The molecule has 6 nitrogen and oxygen atoms in total. The molecule has 1 saturated heterocycles. The van der Waals surface area contributed by atoms with Gasteiger partial charge in [0.1, 0.15) is 17.9 Å². The molecule has 0 amide bonds. The Hall–Kier alpha value is -3.64. The number of pyridine rings is 1. The van der Waals surface area contributed by atoms with Crippen molar-refractivity contribution >= 4 is 11.0 Å². The van der Waals surface area contributed by atoms with E-state index >= 15 is 0 Å². The molecule has 0 radical (unpaired) electrons. The van der Waals surface area contributed by atoms with Crippen LogP contribution in [0.5, 0.6) is 5.75 Å². The van der Waals surface area contributed by atoms with Gasteiger partial charge in [-0.1, -0.05) is 36.4 Å². The van der Waals surface area contributed by atoms with Gasteiger partial charge in [0, 0.05) is 55.3 Å². The Kier molecular flexibility index (Phi) is 5.30. The molecule has 2 aliphatic heterocycles. The Balaban J connectivity index is 1.12. The van der Waals surface area contributed by atoms with Crippen LogP contribution in [0.1, 0.15) is 18.0 Å². The highest BCUT2D eigenvalue weighted by Gasteiger charge is 2.34. The topological polar surface area (TPSA) is 64.7 Å². The molecule has 172 valence electrons. The fourth-order valence-corrected chi connectivity index (χ4v) is 5.47. The van der Waals surface area contributed by atoms with Crippen LogP contribution < -0.4 is 15.9 Å². The first-order chi connectivity index (χ1) is 16.6. The lowest BCUT2D eigenvalue weighted by Crippen LogP contribution is -2.48. The number of rotatable bonds is 5. The number of fused-ring (bicyclic) bond motifs is 5. The first-order valence-corrected chi connectivity index (χ1v) is 11.8. The highest BCUT2D eigenvalue weighted by molar-refractivity contribution is 5.82. The Morgan fingerprint density at radius 2 is 1.79 bits per heavy atom. The number of ether oxygens (including phenoxy) is 1. The zero-order valence-corrected chi connectivity index (χ0v) is 18.9. The summed E-state index contributed by atoms with van der Waals surface area (Å²) in [6, 6.07) is 22.7. The lowest BCUT2D eigenvalue weighted by Gasteiger charge is -2.42. The molecule has 4 heterocycles. The van der Waals surface area contributed by atoms with E-state index in [1.807, 2.05) is 59.2 Å². The largest absolute Gasteiger partial charge is 0.492 e. The fourth-order valence-electron chi connectivity index (χ4n) is 5.47. The molecule has 34 heavy (non-hydrogen) atoms. The van der Waals surface area contributed by atoms with Crippen LogP contribution in [0, 0.1) is 5.92 Å². The molecule has 2 atom stereocenters. The van der Waals surface area contributed by atoms with Gasteiger partial charge in [-0.3, -0.25) is 9.69 Å². The molecule has 0 N–H and O–H groups in total. The van der Waals surface area contributed by atoms with Gasteiger partial charge < -0.3 is 13.7 Å². The van der Waals surface area contributed by atoms with Crippen LogP contribution in [0.2, 0.25) is 0 Å². The summed E-state index contributed by atoms with van der Waals surface area (Å²) in [5.74, 6) is 1.59. The summed E-state index contributed by atoms with van der Waals surface area (Å²) in [5, 5.41) is 0.864. The monoisotopic (exact) mass is 454 g/mol. The number of piperidine rings is 1. The Morgan fingerprint density at radius 1 is 0.912 bits per heavy atom. The van der Waals surface area contributed by atoms with E-state index < -0.39 is 0 Å². The fraction of sp³-hybridized carbons (Fsp3) is 0.286. The van der Waals surface area contributed by atoms with Crippen molar-refractivity contribution in [1.29, 1.82) is 0 Å². The third-order valence-corrected chi connectivity index (χ3v) is 7.02. The van der Waals surface area contributed by atoms with Gasteiger partial charge in [-0.15, -0.1) is 0 Å². The van der Waals surface area contributed by atoms with Gasteiger partial charge in [0.2, 0.25) is 0 Å². The van der Waals surface area contributed by atoms with E-state index in [-0.39, 0.29) is 11.2 Å². The van der Waals surface area contributed by atoms with E-state index in [0.29, 0.717) is 35.3 Å². The second-order valence-electron chi connectivity index (χ2n) is 9.32. The standard InChI is InChI=1S/C28H26N2O4/c31-27-8-4-7-25-22-13-19(17-30(25)27)16-29(18-22)11-12-33-23-10-9-21-14-24(20-5-2-1-3-6-20)28(32)34-26(21)15-23/h1-10,14-15,19,22H,11-13,16-18H2/t19-,22+/m0/s1. The smallest absolute Gasteiger partial charge is 0.344 e. The van der Waals surface area contributed by atoms with Crippen molar-refractivity contribution in [2.24, 2.45) is 5.92 Å². The van der Waals surface area contributed by atoms with Crippen LogP contribution in [0.15, 0.2) is 86.8 Å². The number of hydrogen-bond donors (Lipinski definition) is 0. The number of nitrogens with zero attached hydrogens (tertiary/aromatic N) is 2. The van der Waals surface area contributed by atoms with Crippen molar-refractivity contribution in [3.63, 3.8) is 0 Å². The highest BCUT2D eigenvalue weighted by Crippen LogP contribution is 2.34. The first kappa shape index (κ1) is 20.9. The summed E-state index contributed by atoms with van der Waals surface area (Å²) in [4.78, 5) is 27.2. The molecule has 0 aliphatic carbocycles. The molecule has 2 aliphatic rings. The predicted octanol–water partition coefficient (Wildman–Crippen LogP) is 4.12. The van der Waals surface area contributed by atoms with Gasteiger partial charge in [0.25, 0.3) is 5.56 Å². The second kappa shape index (κ2) is 8.61. The van der Waals surface area contributed by atoms with Gasteiger partial charge in [0.05, 0.1) is 5.56 Å². The van der Waals surface area contributed by atoms with Crippen molar-refractivity contribution < 1.29 is 9.15 Å². The zero-order chi connectivity index (χ0) is 23.1. The molecular weight excluding hydrogens is 428 g/mol. The van der Waals surface area contributed by atoms with Crippen molar-refractivity contribution in [1.82, 2.24) is 9.47 Å². The molecule has 6 heteroatoms. The minimum absolute atomic E-state index is 0.114. The Bertz CT molecular complexity index is 1460. The second-order valence-corrected chi connectivity index (χ2v) is 9.32. The van der Waals surface area contributed by atoms with Gasteiger partial charge in [-0.2, -0.15) is 0 Å². The molecular formula is C28H26N2O4.